The van der Waals surface area contributed by atoms with E-state index in [9.17, 15) is 4.79 Å². The van der Waals surface area contributed by atoms with Crippen molar-refractivity contribution in [3.63, 3.8) is 0 Å². The fraction of sp³-hybridized carbons (Fsp3) is 0.222. The van der Waals surface area contributed by atoms with Crippen LogP contribution in [0.3, 0.4) is 0 Å². The molecule has 1 amide bonds. The van der Waals surface area contributed by atoms with Crippen LogP contribution in [0.1, 0.15) is 6.42 Å². The predicted octanol–water partition coefficient (Wildman–Crippen LogP) is 0.556. The van der Waals surface area contributed by atoms with Gasteiger partial charge in [-0.3, -0.25) is 4.79 Å². The van der Waals surface area contributed by atoms with Crippen LogP contribution in [0, 0.1) is 0 Å². The van der Waals surface area contributed by atoms with Crippen molar-refractivity contribution < 1.29 is 4.79 Å². The molecular formula is C9H13N3O. The number of hydrogen-bond donors (Lipinski definition) is 3. The van der Waals surface area contributed by atoms with Gasteiger partial charge in [0, 0.05) is 13.0 Å². The minimum absolute atomic E-state index is 0.314. The van der Waals surface area contributed by atoms with Crippen molar-refractivity contribution in [1.29, 1.82) is 0 Å². The monoisotopic (exact) mass is 179 g/mol. The van der Waals surface area contributed by atoms with Crippen molar-refractivity contribution >= 4 is 17.3 Å². The number of amides is 1. The van der Waals surface area contributed by atoms with Crippen molar-refractivity contribution in [2.75, 3.05) is 17.6 Å². The SMILES string of the molecule is NC(=O)CCNc1ccccc1N. The Morgan fingerprint density at radius 2 is 2.08 bits per heavy atom. The van der Waals surface area contributed by atoms with E-state index >= 15 is 0 Å². The first-order valence-corrected chi connectivity index (χ1v) is 4.07. The van der Waals surface area contributed by atoms with Crippen LogP contribution >= 0.6 is 0 Å². The van der Waals surface area contributed by atoms with Crippen molar-refractivity contribution in [2.45, 2.75) is 6.42 Å². The molecule has 0 spiro atoms. The number of rotatable bonds is 4. The molecular weight excluding hydrogens is 166 g/mol. The smallest absolute Gasteiger partial charge is 0.219 e. The number of para-hydroxylation sites is 2. The zero-order valence-electron chi connectivity index (χ0n) is 7.29. The largest absolute Gasteiger partial charge is 0.397 e. The van der Waals surface area contributed by atoms with E-state index in [2.05, 4.69) is 5.32 Å². The van der Waals surface area contributed by atoms with Crippen molar-refractivity contribution in [2.24, 2.45) is 5.73 Å². The molecule has 0 aliphatic heterocycles. The van der Waals surface area contributed by atoms with Gasteiger partial charge in [0.15, 0.2) is 0 Å². The summed E-state index contributed by atoms with van der Waals surface area (Å²) in [6.45, 7) is 0.517. The zero-order valence-corrected chi connectivity index (χ0v) is 7.29. The van der Waals surface area contributed by atoms with Crippen molar-refractivity contribution in [1.82, 2.24) is 0 Å². The molecule has 1 aromatic carbocycles. The second kappa shape index (κ2) is 4.35. The molecule has 0 aromatic heterocycles. The summed E-state index contributed by atoms with van der Waals surface area (Å²) in [6.07, 6.45) is 0.314. The van der Waals surface area contributed by atoms with Gasteiger partial charge in [0.1, 0.15) is 0 Å². The molecule has 1 aromatic rings. The highest BCUT2D eigenvalue weighted by molar-refractivity contribution is 5.74. The van der Waals surface area contributed by atoms with Gasteiger partial charge in [0.2, 0.25) is 5.91 Å². The molecule has 0 unspecified atom stereocenters. The molecule has 0 aliphatic rings. The molecule has 0 radical (unpaired) electrons. The first-order chi connectivity index (χ1) is 6.20. The van der Waals surface area contributed by atoms with Crippen LogP contribution in [0.2, 0.25) is 0 Å². The summed E-state index contributed by atoms with van der Waals surface area (Å²) in [6, 6.07) is 7.39. The number of anilines is 2. The van der Waals surface area contributed by atoms with Crippen LogP contribution in [0.15, 0.2) is 24.3 Å². The standard InChI is InChI=1S/C9H13N3O/c10-7-3-1-2-4-8(7)12-6-5-9(11)13/h1-4,12H,5-6,10H2,(H2,11,13). The van der Waals surface area contributed by atoms with Gasteiger partial charge >= 0.3 is 0 Å². The van der Waals surface area contributed by atoms with Crippen molar-refractivity contribution in [3.8, 4) is 0 Å². The van der Waals surface area contributed by atoms with Gasteiger partial charge in [0.25, 0.3) is 0 Å². The van der Waals surface area contributed by atoms with Crippen LogP contribution in [0.25, 0.3) is 0 Å². The van der Waals surface area contributed by atoms with Gasteiger partial charge < -0.3 is 16.8 Å². The van der Waals surface area contributed by atoms with E-state index < -0.39 is 0 Å². The molecule has 0 fully saturated rings. The van der Waals surface area contributed by atoms with Crippen LogP contribution in [-0.2, 0) is 4.79 Å². The van der Waals surface area contributed by atoms with E-state index in [1.807, 2.05) is 18.2 Å². The average Bonchev–Trinajstić information content (AvgIpc) is 2.08. The lowest BCUT2D eigenvalue weighted by molar-refractivity contribution is -0.117. The van der Waals surface area contributed by atoms with Gasteiger partial charge in [-0.15, -0.1) is 0 Å². The Bertz CT molecular complexity index is 299. The maximum atomic E-state index is 10.4. The predicted molar refractivity (Wildman–Crippen MR) is 53.2 cm³/mol. The molecule has 5 N–H and O–H groups in total. The highest BCUT2D eigenvalue weighted by Gasteiger charge is 1.97. The van der Waals surface area contributed by atoms with Crippen molar-refractivity contribution in [3.05, 3.63) is 24.3 Å². The second-order valence-electron chi connectivity index (χ2n) is 2.73. The van der Waals surface area contributed by atoms with Crippen LogP contribution in [0.4, 0.5) is 11.4 Å². The van der Waals surface area contributed by atoms with Crippen LogP contribution in [-0.4, -0.2) is 12.5 Å². The molecule has 4 nitrogen and oxygen atoms in total. The van der Waals surface area contributed by atoms with Gasteiger partial charge in [0.05, 0.1) is 11.4 Å². The highest BCUT2D eigenvalue weighted by atomic mass is 16.1. The van der Waals surface area contributed by atoms with Gasteiger partial charge in [-0.05, 0) is 12.1 Å². The second-order valence-corrected chi connectivity index (χ2v) is 2.73. The number of primary amides is 1. The summed E-state index contributed by atoms with van der Waals surface area (Å²) in [5.74, 6) is -0.318. The number of carbonyl (C=O) groups excluding carboxylic acids is 1. The summed E-state index contributed by atoms with van der Waals surface area (Å²) in [4.78, 5) is 10.4. The fourth-order valence-electron chi connectivity index (χ4n) is 0.978. The molecule has 0 atom stereocenters. The van der Waals surface area contributed by atoms with E-state index in [0.29, 0.717) is 18.7 Å². The molecule has 13 heavy (non-hydrogen) atoms. The number of benzene rings is 1. The first kappa shape index (κ1) is 9.38. The normalized spacial score (nSPS) is 9.54. The molecule has 1 rings (SSSR count). The summed E-state index contributed by atoms with van der Waals surface area (Å²) in [5, 5.41) is 3.02. The highest BCUT2D eigenvalue weighted by Crippen LogP contribution is 2.15. The number of hydrogen-bond acceptors (Lipinski definition) is 3. The summed E-state index contributed by atoms with van der Waals surface area (Å²) >= 11 is 0. The molecule has 0 bridgehead atoms. The fourth-order valence-corrected chi connectivity index (χ4v) is 0.978. The average molecular weight is 179 g/mol. The minimum Gasteiger partial charge on any atom is -0.397 e. The summed E-state index contributed by atoms with van der Waals surface area (Å²) in [7, 11) is 0. The first-order valence-electron chi connectivity index (χ1n) is 4.07. The lowest BCUT2D eigenvalue weighted by Gasteiger charge is -2.06. The van der Waals surface area contributed by atoms with Gasteiger partial charge in [-0.25, -0.2) is 0 Å². The Kier molecular flexibility index (Phi) is 3.14. The van der Waals surface area contributed by atoms with E-state index in [4.69, 9.17) is 11.5 Å². The number of nitrogens with two attached hydrogens (primary N) is 2. The molecule has 0 saturated carbocycles. The molecule has 4 heteroatoms. The molecule has 0 aliphatic carbocycles. The number of carbonyl (C=O) groups is 1. The summed E-state index contributed by atoms with van der Waals surface area (Å²) < 4.78 is 0. The minimum atomic E-state index is -0.318. The van der Waals surface area contributed by atoms with E-state index in [0.717, 1.165) is 5.69 Å². The number of nitrogens with one attached hydrogen (secondary N) is 1. The third-order valence-electron chi connectivity index (χ3n) is 1.65. The maximum Gasteiger partial charge on any atom is 0.219 e. The third kappa shape index (κ3) is 3.02. The summed E-state index contributed by atoms with van der Waals surface area (Å²) in [5.41, 5.74) is 12.2. The Hall–Kier alpha value is -1.71. The van der Waals surface area contributed by atoms with Gasteiger partial charge in [-0.2, -0.15) is 0 Å². The third-order valence-corrected chi connectivity index (χ3v) is 1.65. The maximum absolute atomic E-state index is 10.4. The molecule has 70 valence electrons. The Morgan fingerprint density at radius 1 is 1.38 bits per heavy atom. The Morgan fingerprint density at radius 3 is 2.69 bits per heavy atom. The van der Waals surface area contributed by atoms with E-state index in [1.54, 1.807) is 6.07 Å². The number of nitrogen functional groups attached to an aromatic ring is 1. The lowest BCUT2D eigenvalue weighted by Crippen LogP contribution is -2.16. The van der Waals surface area contributed by atoms with Crippen LogP contribution < -0.4 is 16.8 Å². The molecule has 0 saturated heterocycles. The van der Waals surface area contributed by atoms with E-state index in [-0.39, 0.29) is 5.91 Å². The Balaban J connectivity index is 2.45. The zero-order chi connectivity index (χ0) is 9.68. The topological polar surface area (TPSA) is 81.1 Å². The van der Waals surface area contributed by atoms with Crippen LogP contribution in [0.5, 0.6) is 0 Å². The quantitative estimate of drug-likeness (QED) is 0.590. The lowest BCUT2D eigenvalue weighted by atomic mass is 10.2. The van der Waals surface area contributed by atoms with E-state index in [1.165, 1.54) is 0 Å². The Labute approximate surface area is 76.9 Å². The molecule has 0 heterocycles. The van der Waals surface area contributed by atoms with Gasteiger partial charge in [-0.1, -0.05) is 12.1 Å².